The van der Waals surface area contributed by atoms with Crippen LogP contribution in [0.3, 0.4) is 0 Å². The first kappa shape index (κ1) is 20.8. The Morgan fingerprint density at radius 1 is 0.844 bits per heavy atom. The predicted molar refractivity (Wildman–Crippen MR) is 123 cm³/mol. The maximum Gasteiger partial charge on any atom is 0.252 e. The average molecular weight is 424 g/mol. The number of aldehydes is 1. The van der Waals surface area contributed by atoms with Crippen LogP contribution in [0.4, 0.5) is 5.69 Å². The molecule has 0 unspecified atom stereocenters. The van der Waals surface area contributed by atoms with Gasteiger partial charge in [-0.3, -0.25) is 14.4 Å². The van der Waals surface area contributed by atoms with Crippen LogP contribution in [-0.4, -0.2) is 24.6 Å². The maximum absolute atomic E-state index is 12.6. The zero-order valence-corrected chi connectivity index (χ0v) is 17.1. The topological polar surface area (TPSA) is 84.5 Å². The summed E-state index contributed by atoms with van der Waals surface area (Å²) in [7, 11) is 0. The second-order valence-electron chi connectivity index (χ2n) is 7.05. The van der Waals surface area contributed by atoms with E-state index in [-0.39, 0.29) is 12.5 Å². The molecule has 0 aliphatic carbocycles. The van der Waals surface area contributed by atoms with Gasteiger partial charge in [-0.2, -0.15) is 0 Å². The van der Waals surface area contributed by atoms with Gasteiger partial charge in [-0.15, -0.1) is 0 Å². The van der Waals surface area contributed by atoms with E-state index in [1.54, 1.807) is 54.6 Å². The fourth-order valence-corrected chi connectivity index (χ4v) is 3.31. The highest BCUT2D eigenvalue weighted by atomic mass is 16.5. The minimum Gasteiger partial charge on any atom is -0.455 e. The number of ether oxygens (including phenoxy) is 1. The molecule has 0 aliphatic heterocycles. The number of fused-ring (bicyclic) bond motifs is 1. The number of nitrogens with one attached hydrogen (secondary N) is 2. The van der Waals surface area contributed by atoms with E-state index < -0.39 is 5.91 Å². The number of carbonyl (C=O) groups is 3. The Kier molecular flexibility index (Phi) is 6.22. The quantitative estimate of drug-likeness (QED) is 0.417. The Labute approximate surface area is 184 Å². The molecular formula is C26H20N2O4. The predicted octanol–water partition coefficient (Wildman–Crippen LogP) is 4.81. The molecule has 4 aromatic carbocycles. The normalized spacial score (nSPS) is 10.4. The van der Waals surface area contributed by atoms with Gasteiger partial charge in [-0.25, -0.2) is 0 Å². The van der Waals surface area contributed by atoms with Crippen LogP contribution in [0.25, 0.3) is 10.8 Å². The Hall–Kier alpha value is -4.45. The number of anilines is 1. The summed E-state index contributed by atoms with van der Waals surface area (Å²) in [4.78, 5) is 36.1. The monoisotopic (exact) mass is 424 g/mol. The van der Waals surface area contributed by atoms with Gasteiger partial charge in [0.25, 0.3) is 5.91 Å². The third-order valence-electron chi connectivity index (χ3n) is 4.83. The van der Waals surface area contributed by atoms with Gasteiger partial charge in [0.2, 0.25) is 5.91 Å². The van der Waals surface area contributed by atoms with Crippen molar-refractivity contribution >= 4 is 34.6 Å². The lowest BCUT2D eigenvalue weighted by Crippen LogP contribution is -2.33. The van der Waals surface area contributed by atoms with Crippen molar-refractivity contribution in [2.24, 2.45) is 0 Å². The number of hydrogen-bond acceptors (Lipinski definition) is 4. The molecule has 0 bridgehead atoms. The van der Waals surface area contributed by atoms with Crippen LogP contribution in [0.5, 0.6) is 11.5 Å². The Morgan fingerprint density at radius 2 is 1.59 bits per heavy atom. The zero-order valence-electron chi connectivity index (χ0n) is 17.1. The van der Waals surface area contributed by atoms with Crippen molar-refractivity contribution in [1.82, 2.24) is 5.32 Å². The zero-order chi connectivity index (χ0) is 22.3. The SMILES string of the molecule is O=Cc1cccc(Oc2ccccc2NC(=O)CNC(=O)c2cccc3ccccc23)c1. The molecule has 2 amide bonds. The minimum atomic E-state index is -0.392. The van der Waals surface area contributed by atoms with Gasteiger partial charge in [-0.1, -0.05) is 60.7 Å². The van der Waals surface area contributed by atoms with Gasteiger partial charge in [0.05, 0.1) is 12.2 Å². The number of rotatable bonds is 7. The fourth-order valence-electron chi connectivity index (χ4n) is 3.31. The number of carbonyl (C=O) groups excluding carboxylic acids is 3. The molecule has 0 atom stereocenters. The Morgan fingerprint density at radius 3 is 2.47 bits per heavy atom. The number of hydrogen-bond donors (Lipinski definition) is 2. The summed E-state index contributed by atoms with van der Waals surface area (Å²) in [5.74, 6) is 0.174. The molecule has 0 radical (unpaired) electrons. The maximum atomic E-state index is 12.6. The summed E-state index contributed by atoms with van der Waals surface area (Å²) >= 11 is 0. The van der Waals surface area contributed by atoms with Gasteiger partial charge in [-0.05, 0) is 41.1 Å². The van der Waals surface area contributed by atoms with E-state index in [0.29, 0.717) is 28.3 Å². The standard InChI is InChI=1S/C26H20N2O4/c29-17-18-7-5-10-20(15-18)32-24-14-4-3-13-23(24)28-25(30)16-27-26(31)22-12-6-9-19-8-1-2-11-21(19)22/h1-15,17H,16H2,(H,27,31)(H,28,30). The van der Waals surface area contributed by atoms with Crippen molar-refractivity contribution in [2.75, 3.05) is 11.9 Å². The van der Waals surface area contributed by atoms with Crippen LogP contribution in [0, 0.1) is 0 Å². The van der Waals surface area contributed by atoms with Crippen LogP contribution < -0.4 is 15.4 Å². The van der Waals surface area contributed by atoms with Gasteiger partial charge in [0, 0.05) is 11.1 Å². The minimum absolute atomic E-state index is 0.197. The lowest BCUT2D eigenvalue weighted by Gasteiger charge is -2.13. The molecule has 4 aromatic rings. The Bertz CT molecular complexity index is 1290. The van der Waals surface area contributed by atoms with Gasteiger partial charge >= 0.3 is 0 Å². The van der Waals surface area contributed by atoms with Crippen molar-refractivity contribution < 1.29 is 19.1 Å². The Balaban J connectivity index is 1.42. The molecule has 4 rings (SSSR count). The molecule has 0 saturated carbocycles. The highest BCUT2D eigenvalue weighted by Gasteiger charge is 2.13. The van der Waals surface area contributed by atoms with E-state index in [2.05, 4.69) is 10.6 Å². The summed E-state index contributed by atoms with van der Waals surface area (Å²) in [5.41, 5.74) is 1.45. The van der Waals surface area contributed by atoms with E-state index >= 15 is 0 Å². The molecule has 0 fully saturated rings. The lowest BCUT2D eigenvalue weighted by atomic mass is 10.0. The van der Waals surface area contributed by atoms with Crippen LogP contribution in [0.1, 0.15) is 20.7 Å². The molecule has 2 N–H and O–H groups in total. The van der Waals surface area contributed by atoms with Crippen molar-refractivity contribution in [3.05, 3.63) is 102 Å². The van der Waals surface area contributed by atoms with Gasteiger partial charge in [0.1, 0.15) is 12.0 Å². The largest absolute Gasteiger partial charge is 0.455 e. The summed E-state index contributed by atoms with van der Waals surface area (Å²) in [6.45, 7) is -0.197. The second kappa shape index (κ2) is 9.57. The van der Waals surface area contributed by atoms with Crippen molar-refractivity contribution in [3.8, 4) is 11.5 Å². The van der Waals surface area contributed by atoms with Crippen LogP contribution in [0.15, 0.2) is 91.0 Å². The molecule has 6 heteroatoms. The van der Waals surface area contributed by atoms with E-state index in [9.17, 15) is 14.4 Å². The van der Waals surface area contributed by atoms with Crippen molar-refractivity contribution in [2.45, 2.75) is 0 Å². The summed E-state index contributed by atoms with van der Waals surface area (Å²) in [6.07, 6.45) is 0.735. The number of para-hydroxylation sites is 2. The number of benzene rings is 4. The highest BCUT2D eigenvalue weighted by molar-refractivity contribution is 6.08. The summed E-state index contributed by atoms with van der Waals surface area (Å²) < 4.78 is 5.84. The second-order valence-corrected chi connectivity index (χ2v) is 7.05. The molecule has 0 spiro atoms. The smallest absolute Gasteiger partial charge is 0.252 e. The fraction of sp³-hybridized carbons (Fsp3) is 0.0385. The van der Waals surface area contributed by atoms with E-state index in [4.69, 9.17) is 4.74 Å². The molecule has 0 heterocycles. The van der Waals surface area contributed by atoms with Crippen LogP contribution in [-0.2, 0) is 4.79 Å². The lowest BCUT2D eigenvalue weighted by molar-refractivity contribution is -0.115. The molecular weight excluding hydrogens is 404 g/mol. The molecule has 32 heavy (non-hydrogen) atoms. The number of amides is 2. The third kappa shape index (κ3) is 4.82. The average Bonchev–Trinajstić information content (AvgIpc) is 2.83. The van der Waals surface area contributed by atoms with E-state index in [1.807, 2.05) is 36.4 Å². The molecule has 0 aliphatic rings. The van der Waals surface area contributed by atoms with Gasteiger partial charge in [0.15, 0.2) is 5.75 Å². The molecule has 0 saturated heterocycles. The molecule has 0 aromatic heterocycles. The van der Waals surface area contributed by atoms with Crippen LogP contribution >= 0.6 is 0 Å². The summed E-state index contributed by atoms with van der Waals surface area (Å²) in [6, 6.07) is 26.7. The first-order chi connectivity index (χ1) is 15.6. The van der Waals surface area contributed by atoms with Gasteiger partial charge < -0.3 is 15.4 Å². The molecule has 158 valence electrons. The first-order valence-electron chi connectivity index (χ1n) is 10.0. The first-order valence-corrected chi connectivity index (χ1v) is 10.0. The third-order valence-corrected chi connectivity index (χ3v) is 4.83. The van der Waals surface area contributed by atoms with E-state index in [1.165, 1.54) is 0 Å². The summed E-state index contributed by atoms with van der Waals surface area (Å²) in [5, 5.41) is 7.20. The van der Waals surface area contributed by atoms with E-state index in [0.717, 1.165) is 17.1 Å². The highest BCUT2D eigenvalue weighted by Crippen LogP contribution is 2.29. The van der Waals surface area contributed by atoms with Crippen molar-refractivity contribution in [3.63, 3.8) is 0 Å². The van der Waals surface area contributed by atoms with Crippen LogP contribution in [0.2, 0.25) is 0 Å². The molecule has 6 nitrogen and oxygen atoms in total. The van der Waals surface area contributed by atoms with Crippen molar-refractivity contribution in [1.29, 1.82) is 0 Å².